The molecule has 10 heteroatoms. The molecule has 0 radical (unpaired) electrons. The van der Waals surface area contributed by atoms with Crippen molar-refractivity contribution >= 4 is 15.7 Å². The molecule has 5 N–H and O–H groups in total. The van der Waals surface area contributed by atoms with Crippen LogP contribution in [0.25, 0.3) is 34.0 Å². The van der Waals surface area contributed by atoms with Crippen molar-refractivity contribution in [2.45, 2.75) is 30.5 Å². The molecule has 2 aromatic heterocycles. The zero-order chi connectivity index (χ0) is 24.3. The van der Waals surface area contributed by atoms with Crippen molar-refractivity contribution in [3.63, 3.8) is 0 Å². The molecule has 34 heavy (non-hydrogen) atoms. The molecule has 0 spiro atoms. The van der Waals surface area contributed by atoms with E-state index in [2.05, 4.69) is 20.4 Å². The first-order valence-electron chi connectivity index (χ1n) is 10.7. The average molecular weight is 479 g/mol. The predicted molar refractivity (Wildman–Crippen MR) is 131 cm³/mol. The Labute approximate surface area is 198 Å². The van der Waals surface area contributed by atoms with Gasteiger partial charge in [0.1, 0.15) is 5.69 Å². The van der Waals surface area contributed by atoms with E-state index in [-0.39, 0.29) is 10.7 Å². The van der Waals surface area contributed by atoms with E-state index in [1.807, 2.05) is 24.3 Å². The lowest BCUT2D eigenvalue weighted by atomic mass is 10.1. The molecule has 4 rings (SSSR count). The van der Waals surface area contributed by atoms with Crippen LogP contribution in [-0.2, 0) is 16.4 Å². The quantitative estimate of drug-likeness (QED) is 0.324. The molecule has 0 atom stereocenters. The van der Waals surface area contributed by atoms with E-state index >= 15 is 0 Å². The second-order valence-corrected chi connectivity index (χ2v) is 10.5. The Hall–Kier alpha value is -3.60. The van der Waals surface area contributed by atoms with Crippen LogP contribution in [-0.4, -0.2) is 35.5 Å². The molecule has 0 saturated heterocycles. The molecule has 0 aliphatic heterocycles. The van der Waals surface area contributed by atoms with Gasteiger partial charge in [0.25, 0.3) is 0 Å². The topological polar surface area (TPSA) is 150 Å². The number of aromatic nitrogens is 3. The van der Waals surface area contributed by atoms with Crippen molar-refractivity contribution in [2.75, 3.05) is 12.4 Å². The van der Waals surface area contributed by atoms with Crippen LogP contribution in [0.15, 0.2) is 70.2 Å². The summed E-state index contributed by atoms with van der Waals surface area (Å²) in [6, 6.07) is 16.2. The second kappa shape index (κ2) is 9.72. The molecule has 0 bridgehead atoms. The lowest BCUT2D eigenvalue weighted by Crippen LogP contribution is -2.21. The minimum atomic E-state index is -3.35. The number of nitrogens with zero attached hydrogens (tertiary/aromatic N) is 3. The lowest BCUT2D eigenvalue weighted by molar-refractivity contribution is 0.434. The summed E-state index contributed by atoms with van der Waals surface area (Å²) in [5, 5.41) is 6.73. The standard InChI is InChI=1S/C24H26N6O3S/c1-15(2)34(31,32)19-9-7-18(8-10-19)21-13-28-24(26)23(29-21)22-11-20(30-33-22)17-5-3-16(4-6-17)12-27-14-25/h3-11,13,15,27H,12,14,25H2,1-2H3,(H2,26,28). The third-order valence-electron chi connectivity index (χ3n) is 5.37. The first-order chi connectivity index (χ1) is 16.3. The van der Waals surface area contributed by atoms with Gasteiger partial charge in [-0.1, -0.05) is 41.6 Å². The molecule has 2 heterocycles. The Morgan fingerprint density at radius 2 is 1.65 bits per heavy atom. The number of nitrogens with two attached hydrogens (primary N) is 2. The molecule has 4 aromatic rings. The third-order valence-corrected chi connectivity index (χ3v) is 7.54. The first-order valence-corrected chi connectivity index (χ1v) is 12.3. The molecule has 0 unspecified atom stereocenters. The minimum absolute atomic E-state index is 0.202. The molecule has 0 fully saturated rings. The summed E-state index contributed by atoms with van der Waals surface area (Å²) in [5.41, 5.74) is 15.8. The number of sulfone groups is 1. The van der Waals surface area contributed by atoms with Gasteiger partial charge < -0.3 is 21.3 Å². The highest BCUT2D eigenvalue weighted by atomic mass is 32.2. The Bertz CT molecular complexity index is 1380. The molecule has 9 nitrogen and oxygen atoms in total. The fraction of sp³-hybridized carbons (Fsp3) is 0.208. The lowest BCUT2D eigenvalue weighted by Gasteiger charge is -2.09. The highest BCUT2D eigenvalue weighted by Gasteiger charge is 2.20. The Morgan fingerprint density at radius 3 is 2.29 bits per heavy atom. The van der Waals surface area contributed by atoms with E-state index in [1.165, 1.54) is 6.20 Å². The van der Waals surface area contributed by atoms with Crippen LogP contribution in [0.2, 0.25) is 0 Å². The van der Waals surface area contributed by atoms with Gasteiger partial charge in [-0.25, -0.2) is 18.4 Å². The summed E-state index contributed by atoms with van der Waals surface area (Å²) < 4.78 is 30.3. The van der Waals surface area contributed by atoms with Crippen molar-refractivity contribution in [3.05, 3.63) is 66.4 Å². The molecule has 0 amide bonds. The van der Waals surface area contributed by atoms with E-state index in [0.29, 0.717) is 41.6 Å². The van der Waals surface area contributed by atoms with E-state index < -0.39 is 15.1 Å². The fourth-order valence-corrected chi connectivity index (χ4v) is 4.40. The van der Waals surface area contributed by atoms with E-state index in [9.17, 15) is 8.42 Å². The Kier molecular flexibility index (Phi) is 6.73. The van der Waals surface area contributed by atoms with E-state index in [4.69, 9.17) is 16.0 Å². The van der Waals surface area contributed by atoms with Crippen LogP contribution < -0.4 is 16.8 Å². The largest absolute Gasteiger partial charge is 0.382 e. The number of hydrogen-bond acceptors (Lipinski definition) is 9. The van der Waals surface area contributed by atoms with Crippen molar-refractivity contribution in [1.29, 1.82) is 0 Å². The molecule has 0 saturated carbocycles. The van der Waals surface area contributed by atoms with Gasteiger partial charge >= 0.3 is 0 Å². The normalized spacial score (nSPS) is 11.8. The van der Waals surface area contributed by atoms with Gasteiger partial charge in [0.2, 0.25) is 0 Å². The Balaban J connectivity index is 1.60. The minimum Gasteiger partial charge on any atom is -0.382 e. The van der Waals surface area contributed by atoms with Crippen LogP contribution in [0.4, 0.5) is 5.82 Å². The second-order valence-electron chi connectivity index (χ2n) is 8.01. The zero-order valence-electron chi connectivity index (χ0n) is 18.9. The summed E-state index contributed by atoms with van der Waals surface area (Å²) in [4.78, 5) is 9.11. The predicted octanol–water partition coefficient (Wildman–Crippen LogP) is 3.24. The number of anilines is 1. The molecule has 2 aromatic carbocycles. The van der Waals surface area contributed by atoms with Crippen LogP contribution in [0, 0.1) is 0 Å². The fourth-order valence-electron chi connectivity index (χ4n) is 3.34. The molecular formula is C24H26N6O3S. The molecule has 176 valence electrons. The summed E-state index contributed by atoms with van der Waals surface area (Å²) in [6.45, 7) is 4.40. The van der Waals surface area contributed by atoms with E-state index in [0.717, 1.165) is 11.1 Å². The molecule has 0 aliphatic carbocycles. The number of benzene rings is 2. The number of nitrogen functional groups attached to an aromatic ring is 1. The van der Waals surface area contributed by atoms with Gasteiger partial charge in [-0.3, -0.25) is 0 Å². The SMILES string of the molecule is CC(C)S(=O)(=O)c1ccc(-c2cnc(N)c(-c3cc(-c4ccc(CNCN)cc4)no3)n2)cc1. The average Bonchev–Trinajstić information content (AvgIpc) is 3.33. The summed E-state index contributed by atoms with van der Waals surface area (Å²) >= 11 is 0. The van der Waals surface area contributed by atoms with Crippen molar-refractivity contribution in [1.82, 2.24) is 20.4 Å². The van der Waals surface area contributed by atoms with Gasteiger partial charge in [0.05, 0.1) is 22.0 Å². The van der Waals surface area contributed by atoms with Crippen molar-refractivity contribution in [3.8, 4) is 34.0 Å². The molecule has 0 aliphatic rings. The summed E-state index contributed by atoms with van der Waals surface area (Å²) in [7, 11) is -3.35. The summed E-state index contributed by atoms with van der Waals surface area (Å²) in [5.74, 6) is 0.586. The van der Waals surface area contributed by atoms with Gasteiger partial charge in [0.15, 0.2) is 27.1 Å². The maximum Gasteiger partial charge on any atom is 0.189 e. The first kappa shape index (κ1) is 23.6. The number of nitrogens with one attached hydrogen (secondary N) is 1. The summed E-state index contributed by atoms with van der Waals surface area (Å²) in [6.07, 6.45) is 1.54. The van der Waals surface area contributed by atoms with Gasteiger partial charge in [0, 0.05) is 30.4 Å². The van der Waals surface area contributed by atoms with Gasteiger partial charge in [-0.05, 0) is 31.5 Å². The monoisotopic (exact) mass is 478 g/mol. The van der Waals surface area contributed by atoms with Crippen molar-refractivity contribution < 1.29 is 12.9 Å². The van der Waals surface area contributed by atoms with Crippen LogP contribution in [0.5, 0.6) is 0 Å². The van der Waals surface area contributed by atoms with Gasteiger partial charge in [-0.2, -0.15) is 0 Å². The smallest absolute Gasteiger partial charge is 0.189 e. The van der Waals surface area contributed by atoms with Crippen LogP contribution in [0.3, 0.4) is 0 Å². The van der Waals surface area contributed by atoms with Crippen LogP contribution >= 0.6 is 0 Å². The molecular weight excluding hydrogens is 452 g/mol. The highest BCUT2D eigenvalue weighted by Crippen LogP contribution is 2.30. The Morgan fingerprint density at radius 1 is 1.00 bits per heavy atom. The van der Waals surface area contributed by atoms with Crippen molar-refractivity contribution in [2.24, 2.45) is 5.73 Å². The number of rotatable bonds is 8. The maximum absolute atomic E-state index is 12.4. The zero-order valence-corrected chi connectivity index (χ0v) is 19.7. The van der Waals surface area contributed by atoms with E-state index in [1.54, 1.807) is 44.2 Å². The van der Waals surface area contributed by atoms with Crippen LogP contribution in [0.1, 0.15) is 19.4 Å². The highest BCUT2D eigenvalue weighted by molar-refractivity contribution is 7.92. The number of hydrogen-bond donors (Lipinski definition) is 3. The third kappa shape index (κ3) is 4.84. The maximum atomic E-state index is 12.4. The van der Waals surface area contributed by atoms with Gasteiger partial charge in [-0.15, -0.1) is 0 Å².